The number of hydrogen-bond acceptors (Lipinski definition) is 2. The van der Waals surface area contributed by atoms with E-state index in [1.165, 1.54) is 31.5 Å². The molecular weight excluding hydrogens is 329 g/mol. The van der Waals surface area contributed by atoms with Crippen molar-refractivity contribution < 1.29 is 4.74 Å². The quantitative estimate of drug-likeness (QED) is 0.710. The Balaban J connectivity index is 0.00000156. The molecule has 120 valence electrons. The number of nitrogens with zero attached hydrogens (tertiary/aromatic N) is 1. The minimum atomic E-state index is 0. The zero-order valence-corrected chi connectivity index (χ0v) is 14.4. The summed E-state index contributed by atoms with van der Waals surface area (Å²) in [5.41, 5.74) is 3.50. The molecule has 23 heavy (non-hydrogen) atoms. The fourth-order valence-corrected chi connectivity index (χ4v) is 3.46. The Hall–Kier alpha value is -1.48. The van der Waals surface area contributed by atoms with Gasteiger partial charge in [0.1, 0.15) is 5.75 Å². The molecule has 0 unspecified atom stereocenters. The number of fused-ring (bicyclic) bond motifs is 2. The second-order valence-electron chi connectivity index (χ2n) is 5.91. The van der Waals surface area contributed by atoms with E-state index in [-0.39, 0.29) is 12.4 Å². The van der Waals surface area contributed by atoms with Crippen LogP contribution in [0.1, 0.15) is 24.0 Å². The van der Waals surface area contributed by atoms with E-state index in [1.54, 1.807) is 0 Å². The number of benzene rings is 2. The molecule has 0 aromatic heterocycles. The molecule has 2 aliphatic rings. The first-order valence-corrected chi connectivity index (χ1v) is 8.18. The zero-order valence-electron chi connectivity index (χ0n) is 12.8. The summed E-state index contributed by atoms with van der Waals surface area (Å²) >= 11 is 6.40. The molecule has 2 aliphatic heterocycles. The SMILES string of the molecule is Cl.Clc1cccc2c1Oc1ccccc1C=C2CN1CCCC1. The Labute approximate surface area is 148 Å². The number of hydrogen-bond donors (Lipinski definition) is 0. The van der Waals surface area contributed by atoms with Gasteiger partial charge in [0.15, 0.2) is 5.75 Å². The molecule has 0 atom stereocenters. The zero-order chi connectivity index (χ0) is 14.9. The van der Waals surface area contributed by atoms with Crippen molar-refractivity contribution in [1.29, 1.82) is 0 Å². The van der Waals surface area contributed by atoms with Crippen LogP contribution in [-0.4, -0.2) is 24.5 Å². The lowest BCUT2D eigenvalue weighted by molar-refractivity contribution is 0.383. The minimum absolute atomic E-state index is 0. The average molecular weight is 348 g/mol. The van der Waals surface area contributed by atoms with Gasteiger partial charge in [-0.15, -0.1) is 12.4 Å². The highest BCUT2D eigenvalue weighted by molar-refractivity contribution is 6.32. The molecular formula is C19H19Cl2NO. The molecule has 2 nitrogen and oxygen atoms in total. The highest BCUT2D eigenvalue weighted by Crippen LogP contribution is 2.42. The Kier molecular flexibility index (Phi) is 4.96. The molecule has 2 aromatic carbocycles. The maximum absolute atomic E-state index is 6.40. The van der Waals surface area contributed by atoms with E-state index in [1.807, 2.05) is 30.3 Å². The van der Waals surface area contributed by atoms with Crippen LogP contribution in [0.4, 0.5) is 0 Å². The van der Waals surface area contributed by atoms with Crippen LogP contribution in [-0.2, 0) is 0 Å². The van der Waals surface area contributed by atoms with Crippen LogP contribution in [0, 0.1) is 0 Å². The van der Waals surface area contributed by atoms with Crippen molar-refractivity contribution in [3.8, 4) is 11.5 Å². The summed E-state index contributed by atoms with van der Waals surface area (Å²) in [5.74, 6) is 1.65. The largest absolute Gasteiger partial charge is 0.455 e. The van der Waals surface area contributed by atoms with Crippen LogP contribution in [0.25, 0.3) is 11.6 Å². The Bertz CT molecular complexity index is 736. The summed E-state index contributed by atoms with van der Waals surface area (Å²) < 4.78 is 6.13. The minimum Gasteiger partial charge on any atom is -0.455 e. The van der Waals surface area contributed by atoms with Crippen molar-refractivity contribution in [2.24, 2.45) is 0 Å². The molecule has 0 N–H and O–H groups in total. The maximum Gasteiger partial charge on any atom is 0.153 e. The molecule has 1 saturated heterocycles. The first kappa shape index (κ1) is 16.4. The molecule has 2 aromatic rings. The lowest BCUT2D eigenvalue weighted by Gasteiger charge is -2.18. The number of halogens is 2. The van der Waals surface area contributed by atoms with Gasteiger partial charge in [0.2, 0.25) is 0 Å². The smallest absolute Gasteiger partial charge is 0.153 e. The molecule has 1 fully saturated rings. The van der Waals surface area contributed by atoms with Crippen LogP contribution in [0.5, 0.6) is 11.5 Å². The third kappa shape index (κ3) is 3.25. The molecule has 0 bridgehead atoms. The molecule has 0 radical (unpaired) electrons. The van der Waals surface area contributed by atoms with Crippen LogP contribution < -0.4 is 4.74 Å². The van der Waals surface area contributed by atoms with E-state index >= 15 is 0 Å². The van der Waals surface area contributed by atoms with Gasteiger partial charge in [-0.3, -0.25) is 4.90 Å². The third-order valence-electron chi connectivity index (χ3n) is 4.37. The molecule has 0 aliphatic carbocycles. The van der Waals surface area contributed by atoms with Gasteiger partial charge in [-0.1, -0.05) is 41.9 Å². The average Bonchev–Trinajstić information content (AvgIpc) is 2.97. The number of rotatable bonds is 2. The van der Waals surface area contributed by atoms with Crippen molar-refractivity contribution in [3.05, 3.63) is 58.6 Å². The van der Waals surface area contributed by atoms with E-state index in [0.29, 0.717) is 5.02 Å². The molecule has 4 rings (SSSR count). The normalized spacial score (nSPS) is 16.5. The van der Waals surface area contributed by atoms with E-state index in [2.05, 4.69) is 23.1 Å². The fraction of sp³-hybridized carbons (Fsp3) is 0.263. The van der Waals surface area contributed by atoms with Crippen LogP contribution in [0.15, 0.2) is 42.5 Å². The predicted molar refractivity (Wildman–Crippen MR) is 98.8 cm³/mol. The van der Waals surface area contributed by atoms with Crippen molar-refractivity contribution in [3.63, 3.8) is 0 Å². The number of para-hydroxylation sites is 2. The van der Waals surface area contributed by atoms with Crippen LogP contribution in [0.2, 0.25) is 5.02 Å². The number of ether oxygens (including phenoxy) is 1. The molecule has 0 saturated carbocycles. The first-order valence-electron chi connectivity index (χ1n) is 7.80. The third-order valence-corrected chi connectivity index (χ3v) is 4.66. The number of likely N-dealkylation sites (tertiary alicyclic amines) is 1. The Morgan fingerprint density at radius 1 is 1.00 bits per heavy atom. The molecule has 4 heteroatoms. The second-order valence-corrected chi connectivity index (χ2v) is 6.32. The van der Waals surface area contributed by atoms with E-state index in [0.717, 1.165) is 29.2 Å². The van der Waals surface area contributed by atoms with E-state index in [4.69, 9.17) is 16.3 Å². The van der Waals surface area contributed by atoms with Gasteiger partial charge in [0.05, 0.1) is 5.02 Å². The van der Waals surface area contributed by atoms with Gasteiger partial charge in [-0.25, -0.2) is 0 Å². The fourth-order valence-electron chi connectivity index (χ4n) is 3.25. The van der Waals surface area contributed by atoms with Gasteiger partial charge in [-0.05, 0) is 49.7 Å². The monoisotopic (exact) mass is 347 g/mol. The predicted octanol–water partition coefficient (Wildman–Crippen LogP) is 5.50. The maximum atomic E-state index is 6.40. The van der Waals surface area contributed by atoms with Crippen LogP contribution in [0.3, 0.4) is 0 Å². The summed E-state index contributed by atoms with van der Waals surface area (Å²) in [5, 5.41) is 0.668. The van der Waals surface area contributed by atoms with E-state index < -0.39 is 0 Å². The summed E-state index contributed by atoms with van der Waals surface area (Å²) in [4.78, 5) is 2.50. The first-order chi connectivity index (χ1) is 10.8. The van der Waals surface area contributed by atoms with Gasteiger partial charge in [-0.2, -0.15) is 0 Å². The highest BCUT2D eigenvalue weighted by atomic mass is 35.5. The summed E-state index contributed by atoms with van der Waals surface area (Å²) in [6, 6.07) is 14.1. The van der Waals surface area contributed by atoms with Crippen LogP contribution >= 0.6 is 24.0 Å². The highest BCUT2D eigenvalue weighted by Gasteiger charge is 2.21. The van der Waals surface area contributed by atoms with Gasteiger partial charge >= 0.3 is 0 Å². The van der Waals surface area contributed by atoms with Crippen molar-refractivity contribution in [2.75, 3.05) is 19.6 Å². The Morgan fingerprint density at radius 3 is 2.61 bits per heavy atom. The Morgan fingerprint density at radius 2 is 1.78 bits per heavy atom. The van der Waals surface area contributed by atoms with Crippen molar-refractivity contribution >= 4 is 35.7 Å². The summed E-state index contributed by atoms with van der Waals surface area (Å²) in [7, 11) is 0. The topological polar surface area (TPSA) is 12.5 Å². The molecule has 2 heterocycles. The van der Waals surface area contributed by atoms with Gasteiger partial charge in [0, 0.05) is 17.7 Å². The lowest BCUT2D eigenvalue weighted by atomic mass is 10.0. The second kappa shape index (κ2) is 6.96. The van der Waals surface area contributed by atoms with Crippen molar-refractivity contribution in [1.82, 2.24) is 4.90 Å². The van der Waals surface area contributed by atoms with Crippen molar-refractivity contribution in [2.45, 2.75) is 12.8 Å². The summed E-state index contributed by atoms with van der Waals surface area (Å²) in [6.07, 6.45) is 4.83. The molecule has 0 amide bonds. The lowest BCUT2D eigenvalue weighted by Crippen LogP contribution is -2.21. The van der Waals surface area contributed by atoms with E-state index in [9.17, 15) is 0 Å². The van der Waals surface area contributed by atoms with Gasteiger partial charge in [0.25, 0.3) is 0 Å². The standard InChI is InChI=1S/C19H18ClNO.ClH/c20-17-8-5-7-16-15(13-21-10-3-4-11-21)12-14-6-1-2-9-18(14)22-19(16)17;/h1-2,5-9,12H,3-4,10-11,13H2;1H. The molecule has 0 spiro atoms. The summed E-state index contributed by atoms with van der Waals surface area (Å²) in [6.45, 7) is 3.30. The van der Waals surface area contributed by atoms with Gasteiger partial charge < -0.3 is 4.74 Å².